The fraction of sp³-hybridized carbons (Fsp3) is 1.00. The Balaban J connectivity index is 2.31. The van der Waals surface area contributed by atoms with E-state index in [0.717, 1.165) is 45.4 Å². The van der Waals surface area contributed by atoms with E-state index in [2.05, 4.69) is 12.2 Å². The number of nitrogens with one attached hydrogen (secondary N) is 1. The normalized spacial score (nSPS) is 22.5. The van der Waals surface area contributed by atoms with Gasteiger partial charge in [-0.15, -0.1) is 0 Å². The van der Waals surface area contributed by atoms with Crippen LogP contribution in [0.2, 0.25) is 0 Å². The van der Waals surface area contributed by atoms with Gasteiger partial charge in [0.2, 0.25) is 0 Å². The molecule has 1 aliphatic heterocycles. The summed E-state index contributed by atoms with van der Waals surface area (Å²) >= 11 is 0. The van der Waals surface area contributed by atoms with Gasteiger partial charge in [0.15, 0.2) is 9.84 Å². The first kappa shape index (κ1) is 18.9. The van der Waals surface area contributed by atoms with E-state index >= 15 is 0 Å². The molecular formula is C15H31NO4S. The molecule has 2 atom stereocenters. The first-order valence-corrected chi connectivity index (χ1v) is 9.89. The van der Waals surface area contributed by atoms with Crippen molar-refractivity contribution in [1.82, 2.24) is 5.32 Å². The van der Waals surface area contributed by atoms with E-state index in [0.29, 0.717) is 36.6 Å². The van der Waals surface area contributed by atoms with Gasteiger partial charge >= 0.3 is 0 Å². The standard InChI is InChI=1S/C15H31NO4S/c1-3-7-16-12-14(5-10-20-9-4-8-19-2)15-6-11-21(17,18)13-15/h14-16H,3-13H2,1-2H3. The highest BCUT2D eigenvalue weighted by Crippen LogP contribution is 2.28. The summed E-state index contributed by atoms with van der Waals surface area (Å²) in [5, 5.41) is 3.43. The SMILES string of the molecule is CCCNCC(CCOCCCOC)C1CCS(=O)(=O)C1. The summed E-state index contributed by atoms with van der Waals surface area (Å²) in [4.78, 5) is 0. The summed E-state index contributed by atoms with van der Waals surface area (Å²) in [6.45, 7) is 6.17. The lowest BCUT2D eigenvalue weighted by molar-refractivity contribution is 0.0886. The van der Waals surface area contributed by atoms with Crippen LogP contribution >= 0.6 is 0 Å². The lowest BCUT2D eigenvalue weighted by atomic mass is 9.89. The maximum Gasteiger partial charge on any atom is 0.150 e. The molecule has 0 spiro atoms. The van der Waals surface area contributed by atoms with Gasteiger partial charge in [-0.25, -0.2) is 8.42 Å². The minimum absolute atomic E-state index is 0.293. The molecule has 2 unspecified atom stereocenters. The molecule has 1 rings (SSSR count). The fourth-order valence-electron chi connectivity index (χ4n) is 2.81. The van der Waals surface area contributed by atoms with Crippen molar-refractivity contribution in [3.63, 3.8) is 0 Å². The number of hydrogen-bond acceptors (Lipinski definition) is 5. The Morgan fingerprint density at radius 2 is 2.10 bits per heavy atom. The predicted octanol–water partition coefficient (Wildman–Crippen LogP) is 1.48. The van der Waals surface area contributed by atoms with Gasteiger partial charge in [-0.3, -0.25) is 0 Å². The number of rotatable bonds is 12. The molecule has 0 aromatic carbocycles. The van der Waals surface area contributed by atoms with Gasteiger partial charge in [-0.05, 0) is 50.6 Å². The number of ether oxygens (including phenoxy) is 2. The van der Waals surface area contributed by atoms with Gasteiger partial charge in [0.1, 0.15) is 0 Å². The monoisotopic (exact) mass is 321 g/mol. The lowest BCUT2D eigenvalue weighted by Gasteiger charge is -2.23. The topological polar surface area (TPSA) is 64.6 Å². The van der Waals surface area contributed by atoms with Crippen LogP contribution < -0.4 is 5.32 Å². The molecule has 126 valence electrons. The average molecular weight is 321 g/mol. The third kappa shape index (κ3) is 8.14. The van der Waals surface area contributed by atoms with Crippen molar-refractivity contribution < 1.29 is 17.9 Å². The van der Waals surface area contributed by atoms with Crippen LogP contribution in [0.4, 0.5) is 0 Å². The highest BCUT2D eigenvalue weighted by molar-refractivity contribution is 7.91. The van der Waals surface area contributed by atoms with Crippen molar-refractivity contribution in [3.05, 3.63) is 0 Å². The summed E-state index contributed by atoms with van der Waals surface area (Å²) in [6.07, 6.45) is 3.75. The van der Waals surface area contributed by atoms with Crippen molar-refractivity contribution in [2.75, 3.05) is 51.5 Å². The fourth-order valence-corrected chi connectivity index (χ4v) is 4.73. The third-order valence-electron chi connectivity index (χ3n) is 4.04. The Labute approximate surface area is 129 Å². The molecule has 0 amide bonds. The lowest BCUT2D eigenvalue weighted by Crippen LogP contribution is -2.30. The van der Waals surface area contributed by atoms with Gasteiger partial charge < -0.3 is 14.8 Å². The third-order valence-corrected chi connectivity index (χ3v) is 5.83. The number of methoxy groups -OCH3 is 1. The molecule has 0 aromatic rings. The second kappa shape index (κ2) is 10.5. The van der Waals surface area contributed by atoms with E-state index in [4.69, 9.17) is 9.47 Å². The van der Waals surface area contributed by atoms with E-state index in [1.807, 2.05) is 0 Å². The van der Waals surface area contributed by atoms with Crippen LogP contribution in [0.15, 0.2) is 0 Å². The van der Waals surface area contributed by atoms with Crippen molar-refractivity contribution in [2.45, 2.75) is 32.6 Å². The molecule has 5 nitrogen and oxygen atoms in total. The minimum Gasteiger partial charge on any atom is -0.385 e. The minimum atomic E-state index is -2.80. The van der Waals surface area contributed by atoms with Crippen LogP contribution in [-0.2, 0) is 19.3 Å². The zero-order valence-electron chi connectivity index (χ0n) is 13.5. The van der Waals surface area contributed by atoms with Crippen molar-refractivity contribution in [2.24, 2.45) is 11.8 Å². The van der Waals surface area contributed by atoms with Gasteiger partial charge in [0.05, 0.1) is 11.5 Å². The molecule has 0 radical (unpaired) electrons. The van der Waals surface area contributed by atoms with Crippen LogP contribution in [0.25, 0.3) is 0 Å². The van der Waals surface area contributed by atoms with Crippen LogP contribution in [0.5, 0.6) is 0 Å². The molecule has 1 saturated heterocycles. The smallest absolute Gasteiger partial charge is 0.150 e. The first-order valence-electron chi connectivity index (χ1n) is 8.07. The van der Waals surface area contributed by atoms with Crippen LogP contribution in [0.1, 0.15) is 32.6 Å². The zero-order chi connectivity index (χ0) is 15.6. The highest BCUT2D eigenvalue weighted by atomic mass is 32.2. The van der Waals surface area contributed by atoms with Crippen LogP contribution in [0.3, 0.4) is 0 Å². The van der Waals surface area contributed by atoms with Gasteiger partial charge in [0, 0.05) is 26.9 Å². The molecular weight excluding hydrogens is 290 g/mol. The summed E-state index contributed by atoms with van der Waals surface area (Å²) in [7, 11) is -1.11. The van der Waals surface area contributed by atoms with Crippen molar-refractivity contribution in [1.29, 1.82) is 0 Å². The zero-order valence-corrected chi connectivity index (χ0v) is 14.3. The molecule has 0 saturated carbocycles. The van der Waals surface area contributed by atoms with E-state index in [9.17, 15) is 8.42 Å². The van der Waals surface area contributed by atoms with Crippen LogP contribution in [0, 0.1) is 11.8 Å². The number of sulfone groups is 1. The largest absolute Gasteiger partial charge is 0.385 e. The molecule has 1 fully saturated rings. The summed E-state index contributed by atoms with van der Waals surface area (Å²) in [6, 6.07) is 0. The van der Waals surface area contributed by atoms with E-state index < -0.39 is 9.84 Å². The molecule has 21 heavy (non-hydrogen) atoms. The molecule has 1 N–H and O–H groups in total. The quantitative estimate of drug-likeness (QED) is 0.552. The summed E-state index contributed by atoms with van der Waals surface area (Å²) < 4.78 is 33.9. The van der Waals surface area contributed by atoms with Crippen molar-refractivity contribution >= 4 is 9.84 Å². The first-order chi connectivity index (χ1) is 10.1. The molecule has 1 heterocycles. The summed E-state index contributed by atoms with van der Waals surface area (Å²) in [5.74, 6) is 1.41. The number of hydrogen-bond donors (Lipinski definition) is 1. The molecule has 1 aliphatic rings. The maximum absolute atomic E-state index is 11.7. The van der Waals surface area contributed by atoms with E-state index in [-0.39, 0.29) is 0 Å². The van der Waals surface area contributed by atoms with Crippen molar-refractivity contribution in [3.8, 4) is 0 Å². The molecule has 0 bridgehead atoms. The molecule has 0 aromatic heterocycles. The Bertz CT molecular complexity index is 359. The Kier molecular flexibility index (Phi) is 9.47. The van der Waals surface area contributed by atoms with E-state index in [1.165, 1.54) is 0 Å². The maximum atomic E-state index is 11.7. The Morgan fingerprint density at radius 1 is 1.29 bits per heavy atom. The Hall–Kier alpha value is -0.170. The summed E-state index contributed by atoms with van der Waals surface area (Å²) in [5.41, 5.74) is 0. The van der Waals surface area contributed by atoms with Gasteiger partial charge in [-0.1, -0.05) is 6.92 Å². The van der Waals surface area contributed by atoms with Crippen LogP contribution in [-0.4, -0.2) is 59.9 Å². The van der Waals surface area contributed by atoms with E-state index in [1.54, 1.807) is 7.11 Å². The predicted molar refractivity (Wildman–Crippen MR) is 85.3 cm³/mol. The van der Waals surface area contributed by atoms with Gasteiger partial charge in [-0.2, -0.15) is 0 Å². The Morgan fingerprint density at radius 3 is 2.71 bits per heavy atom. The molecule has 0 aliphatic carbocycles. The second-order valence-corrected chi connectivity index (χ2v) is 8.10. The average Bonchev–Trinajstić information content (AvgIpc) is 2.81. The van der Waals surface area contributed by atoms with Gasteiger partial charge in [0.25, 0.3) is 0 Å². The molecule has 6 heteroatoms. The highest BCUT2D eigenvalue weighted by Gasteiger charge is 2.33. The second-order valence-electron chi connectivity index (χ2n) is 5.87.